The average Bonchev–Trinajstić information content (AvgIpc) is 2.28. The van der Waals surface area contributed by atoms with Crippen LogP contribution in [0, 0.1) is 0 Å². The normalized spacial score (nSPS) is 11.4. The molecule has 0 aromatic carbocycles. The van der Waals surface area contributed by atoms with Crippen LogP contribution in [0.3, 0.4) is 0 Å². The molecule has 5 nitrogen and oxygen atoms in total. The zero-order valence-corrected chi connectivity index (χ0v) is 8.31. The summed E-state index contributed by atoms with van der Waals surface area (Å²) in [5.41, 5.74) is -0.605. The number of hydrogen-bond donors (Lipinski definition) is 2. The van der Waals surface area contributed by atoms with Crippen molar-refractivity contribution in [3.63, 3.8) is 0 Å². The zero-order valence-electron chi connectivity index (χ0n) is 8.31. The van der Waals surface area contributed by atoms with E-state index in [1.165, 1.54) is 0 Å². The smallest absolute Gasteiger partial charge is 0.418 e. The molecule has 1 aromatic rings. The minimum Gasteiger partial charge on any atom is -0.503 e. The maximum absolute atomic E-state index is 11.3. The molecule has 78 valence electrons. The summed E-state index contributed by atoms with van der Waals surface area (Å²) in [4.78, 5) is 11.3. The Morgan fingerprint density at radius 3 is 2.07 bits per heavy atom. The van der Waals surface area contributed by atoms with E-state index in [-0.39, 0.29) is 11.5 Å². The number of aromatic nitrogens is 1. The molecule has 1 heterocycles. The second-order valence-electron chi connectivity index (χ2n) is 3.92. The Bertz CT molecular complexity index is 329. The van der Waals surface area contributed by atoms with Crippen LogP contribution in [0.5, 0.6) is 11.5 Å². The monoisotopic (exact) mass is 199 g/mol. The number of hydrogen-bond acceptors (Lipinski definition) is 4. The van der Waals surface area contributed by atoms with Crippen molar-refractivity contribution in [3.05, 3.63) is 12.4 Å². The first-order chi connectivity index (χ1) is 6.29. The van der Waals surface area contributed by atoms with E-state index in [9.17, 15) is 4.79 Å². The van der Waals surface area contributed by atoms with Gasteiger partial charge in [0, 0.05) is 0 Å². The molecule has 0 aliphatic heterocycles. The van der Waals surface area contributed by atoms with Crippen molar-refractivity contribution in [1.29, 1.82) is 0 Å². The summed E-state index contributed by atoms with van der Waals surface area (Å²) in [7, 11) is 0. The van der Waals surface area contributed by atoms with Gasteiger partial charge in [0.2, 0.25) is 0 Å². The Morgan fingerprint density at radius 2 is 1.71 bits per heavy atom. The summed E-state index contributed by atoms with van der Waals surface area (Å²) in [5, 5.41) is 18.0. The summed E-state index contributed by atoms with van der Waals surface area (Å²) >= 11 is 0. The van der Waals surface area contributed by atoms with Gasteiger partial charge in [-0.15, -0.1) is 0 Å². The maximum Gasteiger partial charge on any atom is 0.418 e. The van der Waals surface area contributed by atoms with Crippen molar-refractivity contribution in [1.82, 2.24) is 4.57 Å². The molecule has 0 bridgehead atoms. The topological polar surface area (TPSA) is 71.7 Å². The number of nitrogens with zero attached hydrogens (tertiary/aromatic N) is 1. The molecule has 0 unspecified atom stereocenters. The lowest BCUT2D eigenvalue weighted by Crippen LogP contribution is -2.26. The van der Waals surface area contributed by atoms with E-state index in [1.807, 2.05) is 0 Å². The predicted molar refractivity (Wildman–Crippen MR) is 49.4 cm³/mol. The largest absolute Gasteiger partial charge is 0.503 e. The van der Waals surface area contributed by atoms with Crippen molar-refractivity contribution in [2.45, 2.75) is 26.4 Å². The van der Waals surface area contributed by atoms with Gasteiger partial charge in [0.05, 0.1) is 12.4 Å². The highest BCUT2D eigenvalue weighted by atomic mass is 16.6. The van der Waals surface area contributed by atoms with Crippen LogP contribution in [0.25, 0.3) is 0 Å². The van der Waals surface area contributed by atoms with Crippen LogP contribution in [0.2, 0.25) is 0 Å². The van der Waals surface area contributed by atoms with Gasteiger partial charge in [-0.1, -0.05) is 0 Å². The molecular weight excluding hydrogens is 186 g/mol. The number of rotatable bonds is 0. The number of ether oxygens (including phenoxy) is 1. The molecule has 0 aliphatic rings. The molecule has 14 heavy (non-hydrogen) atoms. The molecule has 0 fully saturated rings. The van der Waals surface area contributed by atoms with E-state index >= 15 is 0 Å². The molecule has 0 saturated carbocycles. The Morgan fingerprint density at radius 1 is 1.29 bits per heavy atom. The van der Waals surface area contributed by atoms with Crippen molar-refractivity contribution in [2.24, 2.45) is 0 Å². The van der Waals surface area contributed by atoms with Crippen molar-refractivity contribution < 1.29 is 19.7 Å². The van der Waals surface area contributed by atoms with Crippen molar-refractivity contribution in [2.75, 3.05) is 0 Å². The van der Waals surface area contributed by atoms with E-state index in [4.69, 9.17) is 14.9 Å². The fourth-order valence-corrected chi connectivity index (χ4v) is 0.853. The first-order valence-electron chi connectivity index (χ1n) is 4.13. The van der Waals surface area contributed by atoms with E-state index in [0.717, 1.165) is 17.0 Å². The third kappa shape index (κ3) is 2.42. The van der Waals surface area contributed by atoms with Gasteiger partial charge in [-0.2, -0.15) is 0 Å². The van der Waals surface area contributed by atoms with E-state index in [1.54, 1.807) is 20.8 Å². The molecule has 0 saturated heterocycles. The first-order valence-corrected chi connectivity index (χ1v) is 4.13. The Kier molecular flexibility index (Phi) is 2.42. The van der Waals surface area contributed by atoms with Crippen molar-refractivity contribution >= 4 is 6.09 Å². The summed E-state index contributed by atoms with van der Waals surface area (Å²) in [6.45, 7) is 5.19. The van der Waals surface area contributed by atoms with Gasteiger partial charge < -0.3 is 14.9 Å². The molecule has 0 radical (unpaired) electrons. The van der Waals surface area contributed by atoms with E-state index in [2.05, 4.69) is 0 Å². The zero-order chi connectivity index (χ0) is 10.9. The highest BCUT2D eigenvalue weighted by molar-refractivity contribution is 5.72. The maximum atomic E-state index is 11.3. The predicted octanol–water partition coefficient (Wildman–Crippen LogP) is 1.68. The van der Waals surface area contributed by atoms with Crippen molar-refractivity contribution in [3.8, 4) is 11.5 Å². The number of carbonyl (C=O) groups is 1. The highest BCUT2D eigenvalue weighted by Gasteiger charge is 2.18. The van der Waals surface area contributed by atoms with Crippen LogP contribution in [0.15, 0.2) is 12.4 Å². The molecule has 2 N–H and O–H groups in total. The fourth-order valence-electron chi connectivity index (χ4n) is 0.853. The Balaban J connectivity index is 2.80. The van der Waals surface area contributed by atoms with Crippen LogP contribution in [0.1, 0.15) is 20.8 Å². The Hall–Kier alpha value is -1.65. The molecule has 1 rings (SSSR count). The third-order valence-corrected chi connectivity index (χ3v) is 1.39. The minimum atomic E-state index is -0.645. The van der Waals surface area contributed by atoms with E-state index in [0.29, 0.717) is 0 Å². The van der Waals surface area contributed by atoms with Gasteiger partial charge >= 0.3 is 6.09 Å². The minimum absolute atomic E-state index is 0.351. The quantitative estimate of drug-likeness (QED) is 0.666. The van der Waals surface area contributed by atoms with Crippen LogP contribution in [0.4, 0.5) is 4.79 Å². The second-order valence-corrected chi connectivity index (χ2v) is 3.92. The van der Waals surface area contributed by atoms with Gasteiger partial charge in [0.1, 0.15) is 5.60 Å². The number of carbonyl (C=O) groups excluding carboxylic acids is 1. The molecule has 1 aromatic heterocycles. The van der Waals surface area contributed by atoms with Crippen LogP contribution >= 0.6 is 0 Å². The van der Waals surface area contributed by atoms with Crippen LogP contribution in [-0.2, 0) is 4.74 Å². The first kappa shape index (κ1) is 10.4. The summed E-state index contributed by atoms with van der Waals surface area (Å²) in [6, 6.07) is 0. The summed E-state index contributed by atoms with van der Waals surface area (Å²) in [5.74, 6) is -0.702. The molecule has 0 spiro atoms. The van der Waals surface area contributed by atoms with Gasteiger partial charge in [-0.05, 0) is 20.8 Å². The highest BCUT2D eigenvalue weighted by Crippen LogP contribution is 2.25. The lowest BCUT2D eigenvalue weighted by atomic mass is 10.2. The van der Waals surface area contributed by atoms with E-state index < -0.39 is 11.7 Å². The summed E-state index contributed by atoms with van der Waals surface area (Å²) in [6.07, 6.45) is 1.53. The lowest BCUT2D eigenvalue weighted by Gasteiger charge is -2.19. The lowest BCUT2D eigenvalue weighted by molar-refractivity contribution is 0.0536. The summed E-state index contributed by atoms with van der Waals surface area (Å²) < 4.78 is 5.98. The number of aromatic hydroxyl groups is 2. The fraction of sp³-hybridized carbons (Fsp3) is 0.444. The second kappa shape index (κ2) is 3.25. The molecule has 5 heteroatoms. The molecule has 0 aliphatic carbocycles. The van der Waals surface area contributed by atoms with Gasteiger partial charge in [0.15, 0.2) is 11.5 Å². The van der Waals surface area contributed by atoms with Crippen LogP contribution < -0.4 is 0 Å². The van der Waals surface area contributed by atoms with Gasteiger partial charge in [0.25, 0.3) is 0 Å². The van der Waals surface area contributed by atoms with Gasteiger partial charge in [-0.3, -0.25) is 4.57 Å². The van der Waals surface area contributed by atoms with Crippen LogP contribution in [-0.4, -0.2) is 26.5 Å². The third-order valence-electron chi connectivity index (χ3n) is 1.39. The molecular formula is C9H13NO4. The SMILES string of the molecule is CC(C)(C)OC(=O)n1cc(O)c(O)c1. The Labute approximate surface area is 81.5 Å². The standard InChI is InChI=1S/C9H13NO4/c1-9(2,3)14-8(13)10-4-6(11)7(12)5-10/h4-5,11-12H,1-3H3. The van der Waals surface area contributed by atoms with Gasteiger partial charge in [-0.25, -0.2) is 4.79 Å². The molecule has 0 amide bonds. The average molecular weight is 199 g/mol. The molecule has 0 atom stereocenters.